The van der Waals surface area contributed by atoms with E-state index in [-0.39, 0.29) is 0 Å². The van der Waals surface area contributed by atoms with Crippen molar-refractivity contribution in [2.24, 2.45) is 5.73 Å². The number of hydrogen-bond acceptors (Lipinski definition) is 6. The molecule has 2 aromatic heterocycles. The van der Waals surface area contributed by atoms with Gasteiger partial charge in [0.2, 0.25) is 5.95 Å². The highest BCUT2D eigenvalue weighted by Crippen LogP contribution is 2.17. The third kappa shape index (κ3) is 3.21. The molecule has 0 saturated heterocycles. The van der Waals surface area contributed by atoms with Crippen molar-refractivity contribution in [3.63, 3.8) is 0 Å². The number of carbonyl (C=O) groups excluding carboxylic acids is 1. The first kappa shape index (κ1) is 12.9. The van der Waals surface area contributed by atoms with Crippen LogP contribution in [0.1, 0.15) is 6.92 Å². The second kappa shape index (κ2) is 5.85. The van der Waals surface area contributed by atoms with E-state index in [9.17, 15) is 4.79 Å². The summed E-state index contributed by atoms with van der Waals surface area (Å²) in [6, 6.07) is -0.551. The van der Waals surface area contributed by atoms with Crippen LogP contribution in [-0.4, -0.2) is 45.6 Å². The van der Waals surface area contributed by atoms with Crippen molar-refractivity contribution in [2.75, 3.05) is 30.3 Å². The molecule has 0 aliphatic carbocycles. The highest BCUT2D eigenvalue weighted by atomic mass is 16.2. The van der Waals surface area contributed by atoms with E-state index in [2.05, 4.69) is 35.9 Å². The summed E-state index contributed by atoms with van der Waals surface area (Å²) < 4.78 is 0. The third-order valence-corrected chi connectivity index (χ3v) is 2.34. The number of aromatic amines is 1. The van der Waals surface area contributed by atoms with Crippen LogP contribution in [0.3, 0.4) is 0 Å². The van der Waals surface area contributed by atoms with Crippen molar-refractivity contribution >= 4 is 29.0 Å². The maximum absolute atomic E-state index is 10.6. The third-order valence-electron chi connectivity index (χ3n) is 2.34. The first-order valence-electron chi connectivity index (χ1n) is 5.93. The number of nitrogens with zero attached hydrogens (tertiary/aromatic N) is 3. The molecular weight excluding hydrogens is 248 g/mol. The zero-order chi connectivity index (χ0) is 13.7. The van der Waals surface area contributed by atoms with Crippen molar-refractivity contribution in [3.8, 4) is 0 Å². The van der Waals surface area contributed by atoms with E-state index < -0.39 is 6.03 Å². The molecule has 2 rings (SSSR count). The minimum atomic E-state index is -0.551. The average molecular weight is 264 g/mol. The lowest BCUT2D eigenvalue weighted by molar-refractivity contribution is 0.249. The van der Waals surface area contributed by atoms with E-state index in [0.29, 0.717) is 30.5 Å². The molecule has 2 amide bonds. The predicted molar refractivity (Wildman–Crippen MR) is 71.9 cm³/mol. The van der Waals surface area contributed by atoms with E-state index in [1.165, 1.54) is 0 Å². The molecule has 2 aromatic rings. The standard InChI is InChI=1S/C10H16N8O/c1-2-12-10-17-7(13-3-4-14-9(11)19)6-8(18-10)16-5-15-6/h5H,2-4H2,1H3,(H3,11,14,19)(H3,12,13,15,16,17,18). The molecule has 9 heteroatoms. The number of hydrogen-bond donors (Lipinski definition) is 5. The molecule has 19 heavy (non-hydrogen) atoms. The monoisotopic (exact) mass is 264 g/mol. The number of carbonyl (C=O) groups is 1. The second-order valence-electron chi connectivity index (χ2n) is 3.75. The SMILES string of the molecule is CCNc1nc(NCCNC(N)=O)c2[nH]cnc2n1. The van der Waals surface area contributed by atoms with Crippen LogP contribution in [0.4, 0.5) is 16.6 Å². The van der Waals surface area contributed by atoms with Gasteiger partial charge in [-0.15, -0.1) is 0 Å². The van der Waals surface area contributed by atoms with Crippen molar-refractivity contribution in [1.82, 2.24) is 25.3 Å². The Balaban J connectivity index is 2.11. The van der Waals surface area contributed by atoms with Gasteiger partial charge in [-0.05, 0) is 6.92 Å². The lowest BCUT2D eigenvalue weighted by atomic mass is 10.4. The quantitative estimate of drug-likeness (QED) is 0.461. The largest absolute Gasteiger partial charge is 0.366 e. The molecule has 2 heterocycles. The number of primary amides is 1. The molecule has 9 nitrogen and oxygen atoms in total. The van der Waals surface area contributed by atoms with Crippen molar-refractivity contribution < 1.29 is 4.79 Å². The predicted octanol–water partition coefficient (Wildman–Crippen LogP) is -0.135. The van der Waals surface area contributed by atoms with Gasteiger partial charge in [0.15, 0.2) is 11.5 Å². The highest BCUT2D eigenvalue weighted by Gasteiger charge is 2.08. The smallest absolute Gasteiger partial charge is 0.312 e. The van der Waals surface area contributed by atoms with Gasteiger partial charge < -0.3 is 26.7 Å². The van der Waals surface area contributed by atoms with Crippen molar-refractivity contribution in [1.29, 1.82) is 0 Å². The molecule has 0 spiro atoms. The minimum absolute atomic E-state index is 0.408. The molecule has 0 aliphatic rings. The summed E-state index contributed by atoms with van der Waals surface area (Å²) in [6.07, 6.45) is 1.56. The molecular formula is C10H16N8O. The summed E-state index contributed by atoms with van der Waals surface area (Å²) in [5, 5.41) is 8.62. The lowest BCUT2D eigenvalue weighted by Crippen LogP contribution is -2.33. The Labute approximate surface area is 109 Å². The number of rotatable bonds is 6. The summed E-state index contributed by atoms with van der Waals surface area (Å²) in [6.45, 7) is 3.59. The van der Waals surface area contributed by atoms with Gasteiger partial charge in [-0.25, -0.2) is 9.78 Å². The lowest BCUT2D eigenvalue weighted by Gasteiger charge is -2.08. The Bertz CT molecular complexity index is 566. The number of nitrogens with two attached hydrogens (primary N) is 1. The summed E-state index contributed by atoms with van der Waals surface area (Å²) in [5.74, 6) is 1.14. The number of nitrogens with one attached hydrogen (secondary N) is 4. The maximum Gasteiger partial charge on any atom is 0.312 e. The van der Waals surface area contributed by atoms with Gasteiger partial charge in [-0.3, -0.25) is 0 Å². The number of H-pyrrole nitrogens is 1. The van der Waals surface area contributed by atoms with E-state index in [1.54, 1.807) is 6.33 Å². The number of aromatic nitrogens is 4. The van der Waals surface area contributed by atoms with Crippen LogP contribution in [0.25, 0.3) is 11.2 Å². The number of fused-ring (bicyclic) bond motifs is 1. The van der Waals surface area contributed by atoms with Crippen molar-refractivity contribution in [3.05, 3.63) is 6.33 Å². The Morgan fingerprint density at radius 1 is 1.37 bits per heavy atom. The maximum atomic E-state index is 10.6. The molecule has 0 unspecified atom stereocenters. The number of anilines is 2. The highest BCUT2D eigenvalue weighted by molar-refractivity contribution is 5.83. The number of urea groups is 1. The van der Waals surface area contributed by atoms with Crippen LogP contribution in [0.15, 0.2) is 6.33 Å². The second-order valence-corrected chi connectivity index (χ2v) is 3.75. The van der Waals surface area contributed by atoms with Gasteiger partial charge in [0, 0.05) is 19.6 Å². The van der Waals surface area contributed by atoms with Gasteiger partial charge >= 0.3 is 6.03 Å². The van der Waals surface area contributed by atoms with Gasteiger partial charge in [0.1, 0.15) is 5.52 Å². The normalized spacial score (nSPS) is 10.4. The summed E-state index contributed by atoms with van der Waals surface area (Å²) in [5.41, 5.74) is 6.28. The first-order chi connectivity index (χ1) is 9.20. The van der Waals surface area contributed by atoms with E-state index in [4.69, 9.17) is 5.73 Å². The van der Waals surface area contributed by atoms with E-state index in [0.717, 1.165) is 12.1 Å². The Kier molecular flexibility index (Phi) is 3.96. The van der Waals surface area contributed by atoms with Gasteiger partial charge in [-0.1, -0.05) is 0 Å². The van der Waals surface area contributed by atoms with E-state index >= 15 is 0 Å². The molecule has 0 saturated carbocycles. The number of amides is 2. The average Bonchev–Trinajstić information content (AvgIpc) is 2.83. The fraction of sp³-hybridized carbons (Fsp3) is 0.400. The molecule has 102 valence electrons. The van der Waals surface area contributed by atoms with Crippen LogP contribution < -0.4 is 21.7 Å². The summed E-state index contributed by atoms with van der Waals surface area (Å²) in [7, 11) is 0. The Morgan fingerprint density at radius 2 is 2.21 bits per heavy atom. The molecule has 0 fully saturated rings. The molecule has 0 atom stereocenters. The fourth-order valence-electron chi connectivity index (χ4n) is 1.56. The first-order valence-corrected chi connectivity index (χ1v) is 5.93. The Morgan fingerprint density at radius 3 is 2.95 bits per heavy atom. The number of imidazole rings is 1. The molecule has 0 bridgehead atoms. The van der Waals surface area contributed by atoms with Gasteiger partial charge in [-0.2, -0.15) is 9.97 Å². The molecule has 0 aliphatic heterocycles. The van der Waals surface area contributed by atoms with E-state index in [1.807, 2.05) is 6.92 Å². The van der Waals surface area contributed by atoms with Crippen LogP contribution >= 0.6 is 0 Å². The molecule has 0 radical (unpaired) electrons. The Hall–Kier alpha value is -2.58. The zero-order valence-corrected chi connectivity index (χ0v) is 10.5. The van der Waals surface area contributed by atoms with Gasteiger partial charge in [0.05, 0.1) is 6.33 Å². The van der Waals surface area contributed by atoms with Crippen LogP contribution in [0, 0.1) is 0 Å². The minimum Gasteiger partial charge on any atom is -0.366 e. The fourth-order valence-corrected chi connectivity index (χ4v) is 1.56. The molecule has 6 N–H and O–H groups in total. The van der Waals surface area contributed by atoms with Crippen LogP contribution in [-0.2, 0) is 0 Å². The van der Waals surface area contributed by atoms with Crippen LogP contribution in [0.5, 0.6) is 0 Å². The summed E-state index contributed by atoms with van der Waals surface area (Å²) in [4.78, 5) is 26.2. The zero-order valence-electron chi connectivity index (χ0n) is 10.5. The topological polar surface area (TPSA) is 134 Å². The van der Waals surface area contributed by atoms with Gasteiger partial charge in [0.25, 0.3) is 0 Å². The van der Waals surface area contributed by atoms with Crippen LogP contribution in [0.2, 0.25) is 0 Å². The summed E-state index contributed by atoms with van der Waals surface area (Å²) >= 11 is 0. The molecule has 0 aromatic carbocycles. The van der Waals surface area contributed by atoms with Crippen molar-refractivity contribution in [2.45, 2.75) is 6.92 Å².